The van der Waals surface area contributed by atoms with Crippen molar-refractivity contribution in [3.63, 3.8) is 0 Å². The number of hydrogen-bond acceptors (Lipinski definition) is 5. The molecule has 0 atom stereocenters. The Morgan fingerprint density at radius 3 is 2.41 bits per heavy atom. The molecule has 0 bridgehead atoms. The van der Waals surface area contributed by atoms with Gasteiger partial charge in [0, 0.05) is 13.1 Å². The lowest BCUT2D eigenvalue weighted by molar-refractivity contribution is 0.0467. The highest BCUT2D eigenvalue weighted by Gasteiger charge is 2.28. The number of halogens is 1. The van der Waals surface area contributed by atoms with Crippen LogP contribution in [0, 0.1) is 5.82 Å². The molecule has 1 saturated heterocycles. The van der Waals surface area contributed by atoms with Crippen molar-refractivity contribution in [1.82, 2.24) is 4.31 Å². The molecule has 6 nitrogen and oxygen atoms in total. The number of benzene rings is 2. The minimum absolute atomic E-state index is 0.0307. The zero-order valence-electron chi connectivity index (χ0n) is 16.4. The topological polar surface area (TPSA) is 72.9 Å². The molecule has 0 aromatic heterocycles. The van der Waals surface area contributed by atoms with Gasteiger partial charge >= 0.3 is 5.97 Å². The van der Waals surface area contributed by atoms with Crippen molar-refractivity contribution in [2.45, 2.75) is 31.3 Å². The second-order valence-electron chi connectivity index (χ2n) is 7.13. The van der Waals surface area contributed by atoms with Crippen molar-refractivity contribution in [2.24, 2.45) is 0 Å². The summed E-state index contributed by atoms with van der Waals surface area (Å²) in [5.41, 5.74) is 1.52. The average molecular weight is 421 g/mol. The van der Waals surface area contributed by atoms with E-state index in [1.54, 1.807) is 0 Å². The molecular weight excluding hydrogens is 397 g/mol. The molecule has 0 spiro atoms. The van der Waals surface area contributed by atoms with Crippen LogP contribution < -0.4 is 0 Å². The van der Waals surface area contributed by atoms with E-state index in [1.807, 2.05) is 24.3 Å². The van der Waals surface area contributed by atoms with E-state index in [4.69, 9.17) is 9.47 Å². The molecular formula is C21H24FNO5S. The number of sulfonamides is 1. The molecule has 0 aliphatic carbocycles. The molecule has 1 heterocycles. The molecule has 2 aromatic rings. The smallest absolute Gasteiger partial charge is 0.341 e. The van der Waals surface area contributed by atoms with Crippen molar-refractivity contribution >= 4 is 16.0 Å². The first kappa shape index (κ1) is 21.4. The third-order valence-corrected chi connectivity index (χ3v) is 6.68. The average Bonchev–Trinajstić information content (AvgIpc) is 2.73. The maximum absolute atomic E-state index is 14.2. The summed E-state index contributed by atoms with van der Waals surface area (Å²) in [7, 11) is -3.84. The lowest BCUT2D eigenvalue weighted by Gasteiger charge is -2.26. The molecule has 0 unspecified atom stereocenters. The molecule has 1 aliphatic rings. The molecule has 0 radical (unpaired) electrons. The molecule has 0 saturated carbocycles. The van der Waals surface area contributed by atoms with Gasteiger partial charge in [0.2, 0.25) is 10.0 Å². The highest BCUT2D eigenvalue weighted by molar-refractivity contribution is 7.89. The number of morpholine rings is 1. The summed E-state index contributed by atoms with van der Waals surface area (Å²) < 4.78 is 51.3. The second-order valence-corrected chi connectivity index (χ2v) is 9.07. The standard InChI is InChI=1S/C21H24FNO5S/c1-15(2)17-5-3-16(4-6-17)14-28-21(24)19-13-18(7-8-20(19)22)29(25,26)23-9-11-27-12-10-23/h3-8,13,15H,9-12,14H2,1-2H3. The molecule has 29 heavy (non-hydrogen) atoms. The molecule has 1 fully saturated rings. The van der Waals surface area contributed by atoms with E-state index >= 15 is 0 Å². The fourth-order valence-electron chi connectivity index (χ4n) is 2.98. The van der Waals surface area contributed by atoms with Gasteiger partial charge in [-0.1, -0.05) is 38.1 Å². The monoisotopic (exact) mass is 421 g/mol. The summed E-state index contributed by atoms with van der Waals surface area (Å²) in [4.78, 5) is 12.2. The van der Waals surface area contributed by atoms with Crippen molar-refractivity contribution in [3.05, 3.63) is 65.0 Å². The second kappa shape index (κ2) is 9.02. The van der Waals surface area contributed by atoms with Crippen molar-refractivity contribution in [2.75, 3.05) is 26.3 Å². The number of carbonyl (C=O) groups excluding carboxylic acids is 1. The van der Waals surface area contributed by atoms with Crippen LogP contribution in [0.25, 0.3) is 0 Å². The van der Waals surface area contributed by atoms with Gasteiger partial charge in [-0.15, -0.1) is 0 Å². The van der Waals surface area contributed by atoms with Crippen LogP contribution in [0.15, 0.2) is 47.4 Å². The van der Waals surface area contributed by atoms with Gasteiger partial charge in [0.15, 0.2) is 0 Å². The van der Waals surface area contributed by atoms with E-state index in [0.29, 0.717) is 19.1 Å². The molecule has 156 valence electrons. The van der Waals surface area contributed by atoms with Crippen LogP contribution in [0.4, 0.5) is 4.39 Å². The Balaban J connectivity index is 1.74. The number of carbonyl (C=O) groups is 1. The highest BCUT2D eigenvalue weighted by atomic mass is 32.2. The molecule has 0 amide bonds. The van der Waals surface area contributed by atoms with Crippen molar-refractivity contribution in [3.8, 4) is 0 Å². The minimum atomic E-state index is -3.84. The normalized spacial score (nSPS) is 15.4. The van der Waals surface area contributed by atoms with Crippen LogP contribution >= 0.6 is 0 Å². The molecule has 2 aromatic carbocycles. The van der Waals surface area contributed by atoms with Gasteiger partial charge in [0.25, 0.3) is 0 Å². The number of hydrogen-bond donors (Lipinski definition) is 0. The Hall–Kier alpha value is -2.29. The molecule has 0 N–H and O–H groups in total. The lowest BCUT2D eigenvalue weighted by atomic mass is 10.0. The molecule has 8 heteroatoms. The summed E-state index contributed by atoms with van der Waals surface area (Å²) in [5, 5.41) is 0. The zero-order valence-corrected chi connectivity index (χ0v) is 17.2. The van der Waals surface area contributed by atoms with E-state index < -0.39 is 27.4 Å². The fourth-order valence-corrected chi connectivity index (χ4v) is 4.42. The Labute approximate surface area is 170 Å². The maximum atomic E-state index is 14.2. The van der Waals surface area contributed by atoms with Gasteiger partial charge in [0.1, 0.15) is 12.4 Å². The molecule has 3 rings (SSSR count). The summed E-state index contributed by atoms with van der Waals surface area (Å²) in [5.74, 6) is -1.35. The van der Waals surface area contributed by atoms with E-state index in [-0.39, 0.29) is 24.6 Å². The first-order valence-corrected chi connectivity index (χ1v) is 10.9. The summed E-state index contributed by atoms with van der Waals surface area (Å²) >= 11 is 0. The SMILES string of the molecule is CC(C)c1ccc(COC(=O)c2cc(S(=O)(=O)N3CCOCC3)ccc2F)cc1. The maximum Gasteiger partial charge on any atom is 0.341 e. The zero-order chi connectivity index (χ0) is 21.0. The van der Waals surface area contributed by atoms with Crippen LogP contribution in [-0.2, 0) is 26.1 Å². The number of rotatable bonds is 6. The van der Waals surface area contributed by atoms with Gasteiger partial charge < -0.3 is 9.47 Å². The summed E-state index contributed by atoms with van der Waals surface area (Å²) in [6.45, 7) is 5.15. The molecule has 1 aliphatic heterocycles. The quantitative estimate of drug-likeness (QED) is 0.669. The van der Waals surface area contributed by atoms with Gasteiger partial charge in [-0.2, -0.15) is 4.31 Å². The largest absolute Gasteiger partial charge is 0.457 e. The van der Waals surface area contributed by atoms with E-state index in [0.717, 1.165) is 29.3 Å². The summed E-state index contributed by atoms with van der Waals surface area (Å²) in [6, 6.07) is 10.7. The Bertz CT molecular complexity index is 967. The van der Waals surface area contributed by atoms with E-state index in [9.17, 15) is 17.6 Å². The number of ether oxygens (including phenoxy) is 2. The van der Waals surface area contributed by atoms with Crippen molar-refractivity contribution in [1.29, 1.82) is 0 Å². The van der Waals surface area contributed by atoms with Crippen molar-refractivity contribution < 1.29 is 27.1 Å². The Kier molecular flexibility index (Phi) is 6.66. The number of nitrogens with zero attached hydrogens (tertiary/aromatic N) is 1. The van der Waals surface area contributed by atoms with Crippen LogP contribution in [0.5, 0.6) is 0 Å². The predicted octanol–water partition coefficient (Wildman–Crippen LogP) is 3.33. The lowest BCUT2D eigenvalue weighted by Crippen LogP contribution is -2.40. The van der Waals surface area contributed by atoms with Crippen LogP contribution in [0.3, 0.4) is 0 Å². The Morgan fingerprint density at radius 2 is 1.79 bits per heavy atom. The van der Waals surface area contributed by atoms with Crippen LogP contribution in [-0.4, -0.2) is 45.0 Å². The Morgan fingerprint density at radius 1 is 1.14 bits per heavy atom. The van der Waals surface area contributed by atoms with Gasteiger partial charge in [-0.05, 0) is 35.2 Å². The third kappa shape index (κ3) is 5.01. The third-order valence-electron chi connectivity index (χ3n) is 4.78. The number of esters is 1. The van der Waals surface area contributed by atoms with E-state index in [1.165, 1.54) is 4.31 Å². The summed E-state index contributed by atoms with van der Waals surface area (Å²) in [6.07, 6.45) is 0. The van der Waals surface area contributed by atoms with E-state index in [2.05, 4.69) is 13.8 Å². The van der Waals surface area contributed by atoms with Gasteiger partial charge in [-0.3, -0.25) is 0 Å². The first-order chi connectivity index (χ1) is 13.8. The predicted molar refractivity (Wildman–Crippen MR) is 106 cm³/mol. The first-order valence-electron chi connectivity index (χ1n) is 9.42. The van der Waals surface area contributed by atoms with Gasteiger partial charge in [0.05, 0.1) is 23.7 Å². The van der Waals surface area contributed by atoms with Crippen LogP contribution in [0.2, 0.25) is 0 Å². The van der Waals surface area contributed by atoms with Crippen LogP contribution in [0.1, 0.15) is 41.3 Å². The van der Waals surface area contributed by atoms with Gasteiger partial charge in [-0.25, -0.2) is 17.6 Å². The highest BCUT2D eigenvalue weighted by Crippen LogP contribution is 2.21. The minimum Gasteiger partial charge on any atom is -0.457 e. The fraction of sp³-hybridized carbons (Fsp3) is 0.381.